The lowest BCUT2D eigenvalue weighted by Gasteiger charge is -1.70. The number of hydrogen-bond donors (Lipinski definition) is 0. The van der Waals surface area contributed by atoms with E-state index in [1.807, 2.05) is 0 Å². The summed E-state index contributed by atoms with van der Waals surface area (Å²) in [5, 5.41) is 0. The van der Waals surface area contributed by atoms with Gasteiger partial charge in [0.05, 0.1) is 0 Å². The van der Waals surface area contributed by atoms with E-state index < -0.39 is 6.67 Å². The summed E-state index contributed by atoms with van der Waals surface area (Å²) in [4.78, 5) is 3.53. The topological polar surface area (TPSA) is 12.4 Å². The number of alkyl halides is 1. The molecule has 0 saturated carbocycles. The first kappa shape index (κ1) is 7.08. The van der Waals surface area contributed by atoms with Crippen LogP contribution >= 0.6 is 0 Å². The summed E-state index contributed by atoms with van der Waals surface area (Å²) in [5.74, 6) is 0. The van der Waals surface area contributed by atoms with Crippen molar-refractivity contribution >= 4 is 6.21 Å². The third kappa shape index (κ3) is 5.08. The zero-order valence-corrected chi connectivity index (χ0v) is 4.55. The van der Waals surface area contributed by atoms with Crippen LogP contribution in [0, 0.1) is 0 Å². The highest BCUT2D eigenvalue weighted by Gasteiger charge is 1.62. The van der Waals surface area contributed by atoms with Crippen LogP contribution < -0.4 is 0 Å². The highest BCUT2D eigenvalue weighted by Crippen LogP contribution is 1.73. The summed E-state index contributed by atoms with van der Waals surface area (Å²) in [5.41, 5.74) is 0. The Morgan fingerprint density at radius 1 is 1.62 bits per heavy atom. The Balaban J connectivity index is 3.26. The number of rotatable bonds is 3. The van der Waals surface area contributed by atoms with Crippen LogP contribution in [0.5, 0.6) is 0 Å². The summed E-state index contributed by atoms with van der Waals surface area (Å²) >= 11 is 0. The second kappa shape index (κ2) is 6.08. The standard InChI is InChI=1S/C6H8FN/c1-2-3-5-8-6-4-7/h2-3,5-6H,1,4H2/b5-3-,8-6?. The molecular formula is C6H8FN. The Hall–Kier alpha value is -0.920. The van der Waals surface area contributed by atoms with E-state index in [-0.39, 0.29) is 0 Å². The fraction of sp³-hybridized carbons (Fsp3) is 0.167. The van der Waals surface area contributed by atoms with Gasteiger partial charge in [-0.2, -0.15) is 0 Å². The third-order valence-corrected chi connectivity index (χ3v) is 0.483. The van der Waals surface area contributed by atoms with Crippen LogP contribution in [-0.4, -0.2) is 12.9 Å². The molecule has 0 saturated heterocycles. The van der Waals surface area contributed by atoms with Crippen molar-refractivity contribution in [3.05, 3.63) is 24.9 Å². The average molecular weight is 113 g/mol. The normalized spacial score (nSPS) is 11.1. The Kier molecular flexibility index (Phi) is 5.38. The lowest BCUT2D eigenvalue weighted by Crippen LogP contribution is -1.69. The molecule has 0 heterocycles. The minimum absolute atomic E-state index is 0.512. The molecule has 0 aliphatic rings. The van der Waals surface area contributed by atoms with Gasteiger partial charge in [0.15, 0.2) is 0 Å². The number of hydrogen-bond acceptors (Lipinski definition) is 1. The Morgan fingerprint density at radius 3 is 2.88 bits per heavy atom. The van der Waals surface area contributed by atoms with E-state index in [0.29, 0.717) is 0 Å². The molecule has 0 aromatic rings. The van der Waals surface area contributed by atoms with Gasteiger partial charge in [-0.25, -0.2) is 4.39 Å². The molecule has 44 valence electrons. The molecule has 0 spiro atoms. The van der Waals surface area contributed by atoms with Crippen LogP contribution in [0.4, 0.5) is 4.39 Å². The van der Waals surface area contributed by atoms with Gasteiger partial charge >= 0.3 is 0 Å². The van der Waals surface area contributed by atoms with Crippen molar-refractivity contribution in [3.8, 4) is 0 Å². The molecule has 0 aromatic heterocycles. The molecule has 0 amide bonds. The van der Waals surface area contributed by atoms with Crippen LogP contribution in [0.1, 0.15) is 0 Å². The van der Waals surface area contributed by atoms with Crippen molar-refractivity contribution in [2.75, 3.05) is 6.67 Å². The Morgan fingerprint density at radius 2 is 2.38 bits per heavy atom. The Labute approximate surface area is 48.2 Å². The lowest BCUT2D eigenvalue weighted by molar-refractivity contribution is 0.587. The first-order valence-corrected chi connectivity index (χ1v) is 2.27. The van der Waals surface area contributed by atoms with E-state index in [4.69, 9.17) is 0 Å². The first-order valence-electron chi connectivity index (χ1n) is 2.27. The smallest absolute Gasteiger partial charge is 0.125 e. The summed E-state index contributed by atoms with van der Waals surface area (Å²) in [6.45, 7) is 2.89. The number of aliphatic imine (C=N–C) groups is 1. The second-order valence-electron chi connectivity index (χ2n) is 1.06. The minimum atomic E-state index is -0.512. The zero-order valence-electron chi connectivity index (χ0n) is 4.55. The molecule has 2 heteroatoms. The van der Waals surface area contributed by atoms with Gasteiger partial charge in [0.25, 0.3) is 0 Å². The molecule has 0 N–H and O–H groups in total. The Bertz CT molecular complexity index is 105. The maximum absolute atomic E-state index is 11.2. The zero-order chi connectivity index (χ0) is 6.24. The highest BCUT2D eigenvalue weighted by molar-refractivity contribution is 5.59. The molecule has 0 rings (SSSR count). The van der Waals surface area contributed by atoms with Crippen molar-refractivity contribution in [2.24, 2.45) is 4.99 Å². The SMILES string of the molecule is C=C/C=C\N=CCF. The molecule has 0 bridgehead atoms. The molecule has 0 atom stereocenters. The molecule has 8 heavy (non-hydrogen) atoms. The van der Waals surface area contributed by atoms with Crippen molar-refractivity contribution < 1.29 is 4.39 Å². The van der Waals surface area contributed by atoms with Gasteiger partial charge in [0.2, 0.25) is 0 Å². The van der Waals surface area contributed by atoms with E-state index in [1.165, 1.54) is 12.4 Å². The van der Waals surface area contributed by atoms with E-state index in [9.17, 15) is 4.39 Å². The molecular weight excluding hydrogens is 105 g/mol. The van der Waals surface area contributed by atoms with Gasteiger partial charge in [-0.3, -0.25) is 4.99 Å². The number of allylic oxidation sites excluding steroid dienone is 2. The van der Waals surface area contributed by atoms with Gasteiger partial charge in [-0.1, -0.05) is 12.7 Å². The van der Waals surface area contributed by atoms with Gasteiger partial charge in [0, 0.05) is 12.4 Å². The van der Waals surface area contributed by atoms with Crippen molar-refractivity contribution in [1.82, 2.24) is 0 Å². The molecule has 0 aliphatic heterocycles. The predicted molar refractivity (Wildman–Crippen MR) is 33.8 cm³/mol. The summed E-state index contributed by atoms with van der Waals surface area (Å²) in [6, 6.07) is 0. The van der Waals surface area contributed by atoms with E-state index in [1.54, 1.807) is 12.2 Å². The van der Waals surface area contributed by atoms with Crippen LogP contribution in [0.3, 0.4) is 0 Å². The van der Waals surface area contributed by atoms with Crippen molar-refractivity contribution in [3.63, 3.8) is 0 Å². The molecule has 0 fully saturated rings. The molecule has 0 radical (unpaired) electrons. The highest BCUT2D eigenvalue weighted by atomic mass is 19.1. The maximum Gasteiger partial charge on any atom is 0.125 e. The number of nitrogens with zero attached hydrogens (tertiary/aromatic N) is 1. The van der Waals surface area contributed by atoms with Gasteiger partial charge < -0.3 is 0 Å². The van der Waals surface area contributed by atoms with Gasteiger partial charge in [-0.15, -0.1) is 0 Å². The lowest BCUT2D eigenvalue weighted by atomic mass is 10.6. The maximum atomic E-state index is 11.2. The van der Waals surface area contributed by atoms with E-state index in [2.05, 4.69) is 11.6 Å². The van der Waals surface area contributed by atoms with Crippen molar-refractivity contribution in [1.29, 1.82) is 0 Å². The van der Waals surface area contributed by atoms with Crippen molar-refractivity contribution in [2.45, 2.75) is 0 Å². The molecule has 0 aliphatic carbocycles. The fourth-order valence-corrected chi connectivity index (χ4v) is 0.211. The monoisotopic (exact) mass is 113 g/mol. The average Bonchev–Trinajstić information content (AvgIpc) is 1.81. The fourth-order valence-electron chi connectivity index (χ4n) is 0.211. The first-order chi connectivity index (χ1) is 3.91. The van der Waals surface area contributed by atoms with Crippen LogP contribution in [0.15, 0.2) is 29.9 Å². The predicted octanol–water partition coefficient (Wildman–Crippen LogP) is 1.73. The molecule has 0 aromatic carbocycles. The van der Waals surface area contributed by atoms with Crippen LogP contribution in [-0.2, 0) is 0 Å². The summed E-state index contributed by atoms with van der Waals surface area (Å²) in [7, 11) is 0. The van der Waals surface area contributed by atoms with E-state index >= 15 is 0 Å². The summed E-state index contributed by atoms with van der Waals surface area (Å²) < 4.78 is 11.2. The van der Waals surface area contributed by atoms with Gasteiger partial charge in [0.1, 0.15) is 6.67 Å². The van der Waals surface area contributed by atoms with Crippen LogP contribution in [0.25, 0.3) is 0 Å². The van der Waals surface area contributed by atoms with E-state index in [0.717, 1.165) is 0 Å². The number of halogens is 1. The quantitative estimate of drug-likeness (QED) is 0.390. The van der Waals surface area contributed by atoms with Gasteiger partial charge in [-0.05, 0) is 6.08 Å². The summed E-state index contributed by atoms with van der Waals surface area (Å²) in [6.07, 6.45) is 5.87. The minimum Gasteiger partial charge on any atom is -0.266 e. The molecule has 0 unspecified atom stereocenters. The van der Waals surface area contributed by atoms with Crippen LogP contribution in [0.2, 0.25) is 0 Å². The largest absolute Gasteiger partial charge is 0.266 e. The second-order valence-corrected chi connectivity index (χ2v) is 1.06. The molecule has 1 nitrogen and oxygen atoms in total. The third-order valence-electron chi connectivity index (χ3n) is 0.483.